The molecule has 3 heterocycles. The van der Waals surface area contributed by atoms with Gasteiger partial charge in [-0.2, -0.15) is 18.3 Å². The van der Waals surface area contributed by atoms with Crippen LogP contribution in [0.15, 0.2) is 45.7 Å². The third-order valence-electron chi connectivity index (χ3n) is 3.66. The predicted molar refractivity (Wildman–Crippen MR) is 84.4 cm³/mol. The smallest absolute Gasteiger partial charge is 0.384 e. The summed E-state index contributed by atoms with van der Waals surface area (Å²) in [6, 6.07) is 7.54. The van der Waals surface area contributed by atoms with Crippen LogP contribution in [0.25, 0.3) is 28.2 Å². The molecule has 3 N–H and O–H groups in total. The summed E-state index contributed by atoms with van der Waals surface area (Å²) < 4.78 is 44.0. The van der Waals surface area contributed by atoms with Crippen molar-refractivity contribution in [1.29, 1.82) is 0 Å². The van der Waals surface area contributed by atoms with Crippen LogP contribution in [0.4, 0.5) is 19.0 Å². The van der Waals surface area contributed by atoms with Crippen molar-refractivity contribution in [2.24, 2.45) is 0 Å². The SMILES string of the molecule is Nc1ccc2c(-c3noc(=O)[nH]3)nn(-c3ccc(C(F)(F)F)cc3)c2n1. The molecule has 0 radical (unpaired) electrons. The van der Waals surface area contributed by atoms with E-state index in [0.29, 0.717) is 16.7 Å². The summed E-state index contributed by atoms with van der Waals surface area (Å²) in [5.74, 6) is -0.497. The monoisotopic (exact) mass is 362 g/mol. The first-order chi connectivity index (χ1) is 12.3. The Morgan fingerprint density at radius 1 is 1.12 bits per heavy atom. The molecule has 0 aliphatic heterocycles. The molecule has 0 saturated carbocycles. The Morgan fingerprint density at radius 2 is 1.85 bits per heavy atom. The number of alkyl halides is 3. The van der Waals surface area contributed by atoms with Crippen LogP contribution in [0.1, 0.15) is 5.56 Å². The molecular formula is C15H9F3N6O2. The van der Waals surface area contributed by atoms with Crippen molar-refractivity contribution < 1.29 is 17.7 Å². The second kappa shape index (κ2) is 5.44. The number of anilines is 1. The largest absolute Gasteiger partial charge is 0.439 e. The van der Waals surface area contributed by atoms with Gasteiger partial charge < -0.3 is 5.73 Å². The van der Waals surface area contributed by atoms with Crippen LogP contribution in [0.2, 0.25) is 0 Å². The highest BCUT2D eigenvalue weighted by Crippen LogP contribution is 2.31. The van der Waals surface area contributed by atoms with Gasteiger partial charge in [-0.1, -0.05) is 5.16 Å². The fourth-order valence-electron chi connectivity index (χ4n) is 2.49. The van der Waals surface area contributed by atoms with Crippen LogP contribution in [-0.2, 0) is 6.18 Å². The molecule has 0 bridgehead atoms. The molecule has 0 atom stereocenters. The lowest BCUT2D eigenvalue weighted by atomic mass is 10.2. The summed E-state index contributed by atoms with van der Waals surface area (Å²) in [5, 5.41) is 8.38. The number of hydrogen-bond acceptors (Lipinski definition) is 6. The van der Waals surface area contributed by atoms with E-state index < -0.39 is 17.5 Å². The van der Waals surface area contributed by atoms with Gasteiger partial charge in [0.1, 0.15) is 11.5 Å². The number of rotatable bonds is 2. The summed E-state index contributed by atoms with van der Waals surface area (Å²) in [5.41, 5.74) is 5.80. The van der Waals surface area contributed by atoms with Crippen LogP contribution in [0, 0.1) is 0 Å². The first-order valence-electron chi connectivity index (χ1n) is 7.22. The normalized spacial score (nSPS) is 12.0. The zero-order chi connectivity index (χ0) is 18.5. The number of aromatic amines is 1. The summed E-state index contributed by atoms with van der Waals surface area (Å²) in [6.07, 6.45) is -4.45. The number of halogens is 3. The second-order valence-corrected chi connectivity index (χ2v) is 5.36. The minimum Gasteiger partial charge on any atom is -0.384 e. The number of nitrogen functional groups attached to an aromatic ring is 1. The number of nitrogens with one attached hydrogen (secondary N) is 1. The maximum atomic E-state index is 12.8. The lowest BCUT2D eigenvalue weighted by Crippen LogP contribution is -2.05. The molecular weight excluding hydrogens is 353 g/mol. The van der Waals surface area contributed by atoms with Gasteiger partial charge in [0.2, 0.25) is 5.82 Å². The summed E-state index contributed by atoms with van der Waals surface area (Å²) in [4.78, 5) is 17.8. The van der Waals surface area contributed by atoms with E-state index in [2.05, 4.69) is 24.7 Å². The van der Waals surface area contributed by atoms with Crippen molar-refractivity contribution in [3.63, 3.8) is 0 Å². The third kappa shape index (κ3) is 2.59. The lowest BCUT2D eigenvalue weighted by Gasteiger charge is -2.08. The maximum Gasteiger partial charge on any atom is 0.439 e. The van der Waals surface area contributed by atoms with Crippen LogP contribution >= 0.6 is 0 Å². The molecule has 3 aromatic heterocycles. The number of aromatic nitrogens is 5. The van der Waals surface area contributed by atoms with Crippen molar-refractivity contribution in [3.05, 3.63) is 52.5 Å². The van der Waals surface area contributed by atoms with Crippen molar-refractivity contribution in [3.8, 4) is 17.2 Å². The molecule has 1 aromatic carbocycles. The highest BCUT2D eigenvalue weighted by molar-refractivity contribution is 5.91. The van der Waals surface area contributed by atoms with E-state index in [-0.39, 0.29) is 17.3 Å². The zero-order valence-corrected chi connectivity index (χ0v) is 12.8. The molecule has 26 heavy (non-hydrogen) atoms. The fraction of sp³-hybridized carbons (Fsp3) is 0.0667. The Morgan fingerprint density at radius 3 is 2.46 bits per heavy atom. The van der Waals surface area contributed by atoms with Gasteiger partial charge in [0.15, 0.2) is 5.65 Å². The Kier molecular flexibility index (Phi) is 3.32. The molecule has 4 aromatic rings. The average molecular weight is 362 g/mol. The first-order valence-corrected chi connectivity index (χ1v) is 7.22. The number of fused-ring (bicyclic) bond motifs is 1. The Hall–Kier alpha value is -3.63. The van der Waals surface area contributed by atoms with Gasteiger partial charge >= 0.3 is 11.9 Å². The third-order valence-corrected chi connectivity index (χ3v) is 3.66. The highest BCUT2D eigenvalue weighted by Gasteiger charge is 2.30. The summed E-state index contributed by atoms with van der Waals surface area (Å²) in [7, 11) is 0. The van der Waals surface area contributed by atoms with Gasteiger partial charge in [0.05, 0.1) is 16.6 Å². The van der Waals surface area contributed by atoms with Crippen LogP contribution in [0.3, 0.4) is 0 Å². The van der Waals surface area contributed by atoms with Crippen molar-refractivity contribution in [2.45, 2.75) is 6.18 Å². The van der Waals surface area contributed by atoms with E-state index in [9.17, 15) is 18.0 Å². The Balaban J connectivity index is 1.92. The molecule has 0 aliphatic carbocycles. The van der Waals surface area contributed by atoms with E-state index in [1.54, 1.807) is 6.07 Å². The summed E-state index contributed by atoms with van der Waals surface area (Å²) >= 11 is 0. The molecule has 0 amide bonds. The molecule has 8 nitrogen and oxygen atoms in total. The molecule has 11 heteroatoms. The molecule has 0 fully saturated rings. The van der Waals surface area contributed by atoms with Gasteiger partial charge in [-0.05, 0) is 36.4 Å². The molecule has 0 saturated heterocycles. The number of pyridine rings is 1. The van der Waals surface area contributed by atoms with Crippen molar-refractivity contribution in [2.75, 3.05) is 5.73 Å². The molecule has 132 valence electrons. The number of benzene rings is 1. The molecule has 4 rings (SSSR count). The molecule has 0 unspecified atom stereocenters. The van der Waals surface area contributed by atoms with Gasteiger partial charge in [0.25, 0.3) is 0 Å². The lowest BCUT2D eigenvalue weighted by molar-refractivity contribution is -0.137. The Labute approximate surface area is 142 Å². The van der Waals surface area contributed by atoms with E-state index in [1.165, 1.54) is 22.9 Å². The maximum absolute atomic E-state index is 12.8. The first kappa shape index (κ1) is 15.9. The van der Waals surface area contributed by atoms with Gasteiger partial charge in [0, 0.05) is 0 Å². The number of nitrogens with zero attached hydrogens (tertiary/aromatic N) is 4. The quantitative estimate of drug-likeness (QED) is 0.566. The minimum absolute atomic E-state index is 0.0669. The van der Waals surface area contributed by atoms with E-state index in [1.807, 2.05) is 0 Å². The molecule has 0 aliphatic rings. The molecule has 0 spiro atoms. The number of H-pyrrole nitrogens is 1. The van der Waals surface area contributed by atoms with E-state index >= 15 is 0 Å². The van der Waals surface area contributed by atoms with Crippen LogP contribution in [0.5, 0.6) is 0 Å². The second-order valence-electron chi connectivity index (χ2n) is 5.36. The van der Waals surface area contributed by atoms with Crippen molar-refractivity contribution >= 4 is 16.9 Å². The van der Waals surface area contributed by atoms with Gasteiger partial charge in [-0.15, -0.1) is 0 Å². The Bertz CT molecular complexity index is 1160. The topological polar surface area (TPSA) is 116 Å². The van der Waals surface area contributed by atoms with E-state index in [4.69, 9.17) is 5.73 Å². The zero-order valence-electron chi connectivity index (χ0n) is 12.8. The average Bonchev–Trinajstić information content (AvgIpc) is 3.17. The summed E-state index contributed by atoms with van der Waals surface area (Å²) in [6.45, 7) is 0. The van der Waals surface area contributed by atoms with Gasteiger partial charge in [-0.25, -0.2) is 14.5 Å². The van der Waals surface area contributed by atoms with Gasteiger partial charge in [-0.3, -0.25) is 9.51 Å². The van der Waals surface area contributed by atoms with E-state index in [0.717, 1.165) is 12.1 Å². The van der Waals surface area contributed by atoms with Crippen LogP contribution in [-0.4, -0.2) is 24.9 Å². The highest BCUT2D eigenvalue weighted by atomic mass is 19.4. The van der Waals surface area contributed by atoms with Crippen molar-refractivity contribution in [1.82, 2.24) is 24.9 Å². The predicted octanol–water partition coefficient (Wildman–Crippen LogP) is 2.36. The number of nitrogens with two attached hydrogens (primary N) is 1. The van der Waals surface area contributed by atoms with Crippen LogP contribution < -0.4 is 11.5 Å². The minimum atomic E-state index is -4.45. The number of hydrogen-bond donors (Lipinski definition) is 2. The fourth-order valence-corrected chi connectivity index (χ4v) is 2.49. The standard InChI is InChI=1S/C15H9F3N6O2/c16-15(17,18)7-1-3-8(4-2-7)24-13-9(5-6-10(19)20-13)11(22-24)12-21-14(25)26-23-12/h1-6H,(H2,19,20)(H,21,23,25).